The molecular formula is C17H15N4O2-. The van der Waals surface area contributed by atoms with Crippen LogP contribution in [-0.2, 0) is 0 Å². The zero-order valence-electron chi connectivity index (χ0n) is 12.5. The highest BCUT2D eigenvalue weighted by Crippen LogP contribution is 1.98. The molecule has 23 heavy (non-hydrogen) atoms. The molecule has 0 bridgehead atoms. The molecule has 0 saturated carbocycles. The smallest absolute Gasteiger partial charge is 0.271 e. The number of carbonyl (C=O) groups is 1. The standard InChI is InChI=1S/C17H16N4O2/c1-13(19-21-17(23)15-10-6-3-7-11-15)12-18-20-16(22)14-8-4-2-5-9-14/h2-12H,1H3,(H,20,22)(H,21,23)/p-1. The van der Waals surface area contributed by atoms with Crippen LogP contribution in [0.5, 0.6) is 0 Å². The van der Waals surface area contributed by atoms with E-state index in [1.165, 1.54) is 6.21 Å². The number of nitrogens with zero attached hydrogens (tertiary/aromatic N) is 3. The Hall–Kier alpha value is -3.28. The van der Waals surface area contributed by atoms with Crippen molar-refractivity contribution in [2.75, 3.05) is 0 Å². The summed E-state index contributed by atoms with van der Waals surface area (Å²) in [6, 6.07) is 17.3. The molecule has 1 N–H and O–H groups in total. The van der Waals surface area contributed by atoms with Gasteiger partial charge in [0.2, 0.25) is 0 Å². The van der Waals surface area contributed by atoms with Crippen LogP contribution in [0.2, 0.25) is 0 Å². The van der Waals surface area contributed by atoms with E-state index < -0.39 is 5.90 Å². The van der Waals surface area contributed by atoms with Crippen molar-refractivity contribution in [2.45, 2.75) is 6.92 Å². The molecule has 1 amide bonds. The van der Waals surface area contributed by atoms with Gasteiger partial charge in [-0.15, -0.1) is 0 Å². The van der Waals surface area contributed by atoms with Crippen molar-refractivity contribution in [3.8, 4) is 0 Å². The number of benzene rings is 2. The van der Waals surface area contributed by atoms with Gasteiger partial charge in [0.1, 0.15) is 0 Å². The summed E-state index contributed by atoms with van der Waals surface area (Å²) < 4.78 is 0. The number of nitrogens with one attached hydrogen (secondary N) is 1. The molecule has 0 saturated heterocycles. The summed E-state index contributed by atoms with van der Waals surface area (Å²) in [7, 11) is 0. The van der Waals surface area contributed by atoms with Gasteiger partial charge in [0.05, 0.1) is 11.9 Å². The molecule has 0 heterocycles. The Morgan fingerprint density at radius 2 is 1.52 bits per heavy atom. The van der Waals surface area contributed by atoms with E-state index in [4.69, 9.17) is 0 Å². The molecule has 0 radical (unpaired) electrons. The van der Waals surface area contributed by atoms with Crippen LogP contribution in [0.4, 0.5) is 0 Å². The van der Waals surface area contributed by atoms with E-state index in [1.807, 2.05) is 12.1 Å². The zero-order chi connectivity index (χ0) is 16.5. The Kier molecular flexibility index (Phi) is 5.76. The van der Waals surface area contributed by atoms with Crippen LogP contribution in [0.1, 0.15) is 22.8 Å². The number of carbonyl (C=O) groups excluding carboxylic acids is 1. The Morgan fingerprint density at radius 3 is 2.13 bits per heavy atom. The van der Waals surface area contributed by atoms with E-state index in [0.717, 1.165) is 0 Å². The molecule has 0 atom stereocenters. The van der Waals surface area contributed by atoms with E-state index in [2.05, 4.69) is 20.7 Å². The van der Waals surface area contributed by atoms with E-state index in [1.54, 1.807) is 55.5 Å². The normalized spacial score (nSPS) is 12.4. The minimum atomic E-state index is -0.438. The number of amides is 1. The Morgan fingerprint density at radius 1 is 0.957 bits per heavy atom. The van der Waals surface area contributed by atoms with Gasteiger partial charge in [-0.25, -0.2) is 5.43 Å². The van der Waals surface area contributed by atoms with E-state index in [0.29, 0.717) is 16.8 Å². The first kappa shape index (κ1) is 16.1. The summed E-state index contributed by atoms with van der Waals surface area (Å²) in [4.78, 5) is 11.7. The first-order chi connectivity index (χ1) is 11.2. The lowest BCUT2D eigenvalue weighted by Crippen LogP contribution is -2.19. The molecular weight excluding hydrogens is 292 g/mol. The van der Waals surface area contributed by atoms with E-state index in [9.17, 15) is 9.90 Å². The maximum Gasteiger partial charge on any atom is 0.271 e. The molecule has 0 aromatic heterocycles. The molecule has 6 heteroatoms. The van der Waals surface area contributed by atoms with Gasteiger partial charge in [0, 0.05) is 11.5 Å². The Bertz CT molecular complexity index is 738. The van der Waals surface area contributed by atoms with Gasteiger partial charge in [-0.05, 0) is 24.6 Å². The summed E-state index contributed by atoms with van der Waals surface area (Å²) in [6.07, 6.45) is 1.32. The van der Waals surface area contributed by atoms with Gasteiger partial charge in [0.25, 0.3) is 5.91 Å². The fourth-order valence-corrected chi connectivity index (χ4v) is 1.63. The van der Waals surface area contributed by atoms with Crippen LogP contribution in [-0.4, -0.2) is 23.7 Å². The number of rotatable bonds is 5. The summed E-state index contributed by atoms with van der Waals surface area (Å²) in [5, 5.41) is 22.9. The van der Waals surface area contributed by atoms with Gasteiger partial charge < -0.3 is 5.11 Å². The molecule has 2 rings (SSSR count). The van der Waals surface area contributed by atoms with Crippen molar-refractivity contribution in [2.24, 2.45) is 15.3 Å². The molecule has 0 aliphatic carbocycles. The fraction of sp³-hybridized carbons (Fsp3) is 0.0588. The third kappa shape index (κ3) is 5.20. The van der Waals surface area contributed by atoms with Crippen molar-refractivity contribution in [3.05, 3.63) is 71.8 Å². The average Bonchev–Trinajstić information content (AvgIpc) is 2.61. The molecule has 0 aliphatic rings. The van der Waals surface area contributed by atoms with Crippen LogP contribution in [0.3, 0.4) is 0 Å². The second-order valence-corrected chi connectivity index (χ2v) is 4.58. The molecule has 0 aliphatic heterocycles. The topological polar surface area (TPSA) is 89.2 Å². The maximum atomic E-state index is 11.7. The Balaban J connectivity index is 1.93. The van der Waals surface area contributed by atoms with Crippen LogP contribution < -0.4 is 10.5 Å². The second-order valence-electron chi connectivity index (χ2n) is 4.58. The number of hydrogen-bond acceptors (Lipinski definition) is 5. The van der Waals surface area contributed by atoms with E-state index >= 15 is 0 Å². The first-order valence-corrected chi connectivity index (χ1v) is 6.90. The van der Waals surface area contributed by atoms with Crippen molar-refractivity contribution < 1.29 is 9.90 Å². The highest BCUT2D eigenvalue weighted by Gasteiger charge is 2.01. The predicted octanol–water partition coefficient (Wildman–Crippen LogP) is 1.59. The van der Waals surface area contributed by atoms with Gasteiger partial charge in [0.15, 0.2) is 0 Å². The SMILES string of the molecule is CC(C=NNC(=O)c1ccccc1)=NN=C([O-])c1ccccc1. The lowest BCUT2D eigenvalue weighted by Gasteiger charge is -2.07. The summed E-state index contributed by atoms with van der Waals surface area (Å²) in [5.41, 5.74) is 3.72. The van der Waals surface area contributed by atoms with Crippen molar-refractivity contribution in [1.29, 1.82) is 0 Å². The molecule has 0 spiro atoms. The highest BCUT2D eigenvalue weighted by molar-refractivity contribution is 6.29. The molecule has 6 nitrogen and oxygen atoms in total. The predicted molar refractivity (Wildman–Crippen MR) is 88.5 cm³/mol. The third-order valence-corrected chi connectivity index (χ3v) is 2.77. The van der Waals surface area contributed by atoms with Crippen molar-refractivity contribution in [1.82, 2.24) is 5.43 Å². The maximum absolute atomic E-state index is 11.7. The van der Waals surface area contributed by atoms with Crippen LogP contribution in [0.25, 0.3) is 0 Å². The number of hydrazone groups is 1. The van der Waals surface area contributed by atoms with Gasteiger partial charge >= 0.3 is 0 Å². The third-order valence-electron chi connectivity index (χ3n) is 2.77. The quantitative estimate of drug-likeness (QED) is 0.516. The summed E-state index contributed by atoms with van der Waals surface area (Å²) in [6.45, 7) is 1.62. The monoisotopic (exact) mass is 307 g/mol. The molecule has 0 fully saturated rings. The van der Waals surface area contributed by atoms with Gasteiger partial charge in [-0.1, -0.05) is 48.5 Å². The van der Waals surface area contributed by atoms with Crippen LogP contribution in [0, 0.1) is 0 Å². The summed E-state index contributed by atoms with van der Waals surface area (Å²) in [5.74, 6) is -0.765. The zero-order valence-corrected chi connectivity index (χ0v) is 12.5. The summed E-state index contributed by atoms with van der Waals surface area (Å²) >= 11 is 0. The van der Waals surface area contributed by atoms with E-state index in [-0.39, 0.29) is 5.91 Å². The lowest BCUT2D eigenvalue weighted by molar-refractivity contribution is -0.213. The molecule has 116 valence electrons. The van der Waals surface area contributed by atoms with Gasteiger partial charge in [-0.2, -0.15) is 15.3 Å². The van der Waals surface area contributed by atoms with Crippen molar-refractivity contribution in [3.63, 3.8) is 0 Å². The lowest BCUT2D eigenvalue weighted by atomic mass is 10.2. The molecule has 0 unspecified atom stereocenters. The first-order valence-electron chi connectivity index (χ1n) is 6.90. The minimum absolute atomic E-state index is 0.327. The van der Waals surface area contributed by atoms with Crippen LogP contribution >= 0.6 is 0 Å². The van der Waals surface area contributed by atoms with Gasteiger partial charge in [-0.3, -0.25) is 4.79 Å². The highest BCUT2D eigenvalue weighted by atomic mass is 16.3. The fourth-order valence-electron chi connectivity index (χ4n) is 1.63. The minimum Gasteiger partial charge on any atom is -0.857 e. The largest absolute Gasteiger partial charge is 0.857 e. The van der Waals surface area contributed by atoms with Crippen LogP contribution in [0.15, 0.2) is 76.0 Å². The number of hydrogen-bond donors (Lipinski definition) is 1. The molecule has 2 aromatic carbocycles. The second kappa shape index (κ2) is 8.23. The average molecular weight is 307 g/mol. The van der Waals surface area contributed by atoms with Crippen molar-refractivity contribution >= 4 is 23.7 Å². The molecule has 2 aromatic rings. The Labute approximate surface area is 133 Å².